The quantitative estimate of drug-likeness (QED) is 0.663. The number of nitrogens with two attached hydrogens (primary N) is 1. The normalized spacial score (nSPS) is 10.2. The van der Waals surface area contributed by atoms with Gasteiger partial charge in [0.15, 0.2) is 0 Å². The van der Waals surface area contributed by atoms with Crippen molar-refractivity contribution in [3.63, 3.8) is 0 Å². The second-order valence-electron chi connectivity index (χ2n) is 3.26. The van der Waals surface area contributed by atoms with E-state index in [2.05, 4.69) is 41.8 Å². The molecule has 0 amide bonds. The van der Waals surface area contributed by atoms with Gasteiger partial charge in [-0.05, 0) is 50.1 Å². The van der Waals surface area contributed by atoms with Crippen molar-refractivity contribution < 1.29 is 4.79 Å². The van der Waals surface area contributed by atoms with E-state index in [-0.39, 0.29) is 11.6 Å². The number of pyridine rings is 2. The molecular weight excluding hydrogens is 350 g/mol. The van der Waals surface area contributed by atoms with Crippen molar-refractivity contribution in [2.75, 3.05) is 5.73 Å². The predicted molar refractivity (Wildman–Crippen MR) is 71.7 cm³/mol. The molecule has 0 bridgehead atoms. The Kier molecular flexibility index (Phi) is 3.54. The first-order valence-corrected chi connectivity index (χ1v) is 6.25. The number of carbonyl (C=O) groups is 1. The molecular formula is C11H7Br2N3O. The number of anilines is 1. The van der Waals surface area contributed by atoms with Gasteiger partial charge in [-0.15, -0.1) is 0 Å². The number of rotatable bonds is 2. The average Bonchev–Trinajstić information content (AvgIpc) is 2.31. The van der Waals surface area contributed by atoms with E-state index in [9.17, 15) is 4.79 Å². The molecule has 0 aliphatic carbocycles. The molecule has 6 heteroatoms. The lowest BCUT2D eigenvalue weighted by molar-refractivity contribution is 0.103. The summed E-state index contributed by atoms with van der Waals surface area (Å²) in [5.74, 6) is -0.0578. The van der Waals surface area contributed by atoms with Gasteiger partial charge in [-0.3, -0.25) is 4.79 Å². The summed E-state index contributed by atoms with van der Waals surface area (Å²) in [5, 5.41) is 0. The molecule has 2 aromatic heterocycles. The van der Waals surface area contributed by atoms with Crippen LogP contribution >= 0.6 is 31.9 Å². The van der Waals surface area contributed by atoms with E-state index < -0.39 is 0 Å². The Labute approximate surface area is 115 Å². The van der Waals surface area contributed by atoms with E-state index >= 15 is 0 Å². The maximum absolute atomic E-state index is 12.1. The number of halogens is 2. The zero-order valence-corrected chi connectivity index (χ0v) is 11.7. The van der Waals surface area contributed by atoms with Crippen LogP contribution in [0.15, 0.2) is 39.5 Å². The highest BCUT2D eigenvalue weighted by Crippen LogP contribution is 2.19. The van der Waals surface area contributed by atoms with Gasteiger partial charge in [0.2, 0.25) is 5.78 Å². The Morgan fingerprint density at radius 1 is 1.29 bits per heavy atom. The Morgan fingerprint density at radius 2 is 2.06 bits per heavy atom. The van der Waals surface area contributed by atoms with E-state index in [1.165, 1.54) is 0 Å². The summed E-state index contributed by atoms with van der Waals surface area (Å²) in [7, 11) is 0. The molecule has 2 rings (SSSR count). The second-order valence-corrected chi connectivity index (χ2v) is 4.99. The van der Waals surface area contributed by atoms with Gasteiger partial charge in [-0.25, -0.2) is 9.97 Å². The van der Waals surface area contributed by atoms with Gasteiger partial charge in [0.25, 0.3) is 0 Å². The SMILES string of the molecule is Nc1ncc(Br)cc1C(=O)c1cccc(Br)n1. The van der Waals surface area contributed by atoms with Crippen molar-refractivity contribution in [2.24, 2.45) is 0 Å². The fourth-order valence-electron chi connectivity index (χ4n) is 1.30. The van der Waals surface area contributed by atoms with Crippen LogP contribution in [-0.4, -0.2) is 15.8 Å². The van der Waals surface area contributed by atoms with Gasteiger partial charge in [-0.1, -0.05) is 6.07 Å². The van der Waals surface area contributed by atoms with Gasteiger partial charge in [-0.2, -0.15) is 0 Å². The average molecular weight is 357 g/mol. The molecule has 0 spiro atoms. The standard InChI is InChI=1S/C11H7Br2N3O/c12-6-4-7(11(14)15-5-6)10(17)8-2-1-3-9(13)16-8/h1-5H,(H2,14,15). The lowest BCUT2D eigenvalue weighted by atomic mass is 10.1. The van der Waals surface area contributed by atoms with Crippen molar-refractivity contribution in [3.8, 4) is 0 Å². The highest BCUT2D eigenvalue weighted by molar-refractivity contribution is 9.10. The van der Waals surface area contributed by atoms with E-state index in [4.69, 9.17) is 5.73 Å². The van der Waals surface area contributed by atoms with Gasteiger partial charge in [0.05, 0.1) is 5.56 Å². The van der Waals surface area contributed by atoms with Gasteiger partial charge in [0, 0.05) is 10.7 Å². The molecule has 86 valence electrons. The second kappa shape index (κ2) is 4.93. The zero-order valence-electron chi connectivity index (χ0n) is 8.52. The summed E-state index contributed by atoms with van der Waals surface area (Å²) in [6.07, 6.45) is 1.54. The van der Waals surface area contributed by atoms with Crippen LogP contribution < -0.4 is 5.73 Å². The summed E-state index contributed by atoms with van der Waals surface area (Å²) in [4.78, 5) is 20.2. The summed E-state index contributed by atoms with van der Waals surface area (Å²) in [5.41, 5.74) is 6.34. The molecule has 4 nitrogen and oxygen atoms in total. The minimum Gasteiger partial charge on any atom is -0.383 e. The number of aromatic nitrogens is 2. The maximum atomic E-state index is 12.1. The molecule has 2 N–H and O–H groups in total. The highest BCUT2D eigenvalue weighted by atomic mass is 79.9. The van der Waals surface area contributed by atoms with Crippen LogP contribution in [-0.2, 0) is 0 Å². The Bertz CT molecular complexity index is 587. The van der Waals surface area contributed by atoms with Crippen molar-refractivity contribution in [2.45, 2.75) is 0 Å². The maximum Gasteiger partial charge on any atom is 0.215 e. The summed E-state index contributed by atoms with van der Waals surface area (Å²) in [6.45, 7) is 0. The lowest BCUT2D eigenvalue weighted by Crippen LogP contribution is -2.08. The van der Waals surface area contributed by atoms with Crippen molar-refractivity contribution >= 4 is 43.5 Å². The molecule has 0 fully saturated rings. The molecule has 0 saturated heterocycles. The van der Waals surface area contributed by atoms with E-state index in [0.717, 1.165) is 0 Å². The summed E-state index contributed by atoms with van der Waals surface area (Å²) in [6, 6.07) is 6.76. The van der Waals surface area contributed by atoms with Crippen LogP contribution in [0.5, 0.6) is 0 Å². The van der Waals surface area contributed by atoms with Crippen molar-refractivity contribution in [1.82, 2.24) is 9.97 Å². The van der Waals surface area contributed by atoms with E-state index in [1.54, 1.807) is 30.5 Å². The first-order chi connectivity index (χ1) is 8.08. The molecule has 2 heterocycles. The van der Waals surface area contributed by atoms with Crippen molar-refractivity contribution in [3.05, 3.63) is 50.8 Å². The third-order valence-electron chi connectivity index (χ3n) is 2.08. The zero-order chi connectivity index (χ0) is 12.4. The number of nitrogens with zero attached hydrogens (tertiary/aromatic N) is 2. The van der Waals surface area contributed by atoms with E-state index in [1.807, 2.05) is 0 Å². The number of ketones is 1. The molecule has 17 heavy (non-hydrogen) atoms. The Balaban J connectivity index is 2.47. The molecule has 2 aromatic rings. The van der Waals surface area contributed by atoms with Gasteiger partial charge in [0.1, 0.15) is 16.1 Å². The van der Waals surface area contributed by atoms with Crippen LogP contribution in [0, 0.1) is 0 Å². The molecule has 0 atom stereocenters. The van der Waals surface area contributed by atoms with Crippen LogP contribution in [0.2, 0.25) is 0 Å². The van der Waals surface area contributed by atoms with Gasteiger partial charge >= 0.3 is 0 Å². The number of hydrogen-bond acceptors (Lipinski definition) is 4. The monoisotopic (exact) mass is 355 g/mol. The number of carbonyl (C=O) groups excluding carboxylic acids is 1. The fourth-order valence-corrected chi connectivity index (χ4v) is 1.98. The van der Waals surface area contributed by atoms with Crippen LogP contribution in [0.3, 0.4) is 0 Å². The van der Waals surface area contributed by atoms with Crippen LogP contribution in [0.1, 0.15) is 16.1 Å². The minimum absolute atomic E-state index is 0.194. The molecule has 0 aliphatic rings. The third kappa shape index (κ3) is 2.70. The Morgan fingerprint density at radius 3 is 2.76 bits per heavy atom. The fraction of sp³-hybridized carbons (Fsp3) is 0. The van der Waals surface area contributed by atoms with Crippen LogP contribution in [0.4, 0.5) is 5.82 Å². The lowest BCUT2D eigenvalue weighted by Gasteiger charge is -2.04. The Hall–Kier alpha value is -1.27. The van der Waals surface area contributed by atoms with Crippen molar-refractivity contribution in [1.29, 1.82) is 0 Å². The number of hydrogen-bond donors (Lipinski definition) is 1. The topological polar surface area (TPSA) is 68.9 Å². The molecule has 0 aromatic carbocycles. The minimum atomic E-state index is -0.252. The predicted octanol–water partition coefficient (Wildman–Crippen LogP) is 2.81. The smallest absolute Gasteiger partial charge is 0.215 e. The first kappa shape index (κ1) is 12.2. The van der Waals surface area contributed by atoms with Crippen LogP contribution in [0.25, 0.3) is 0 Å². The largest absolute Gasteiger partial charge is 0.383 e. The summed E-state index contributed by atoms with van der Waals surface area (Å²) >= 11 is 6.47. The molecule has 0 unspecified atom stereocenters. The number of nitrogen functional groups attached to an aromatic ring is 1. The summed E-state index contributed by atoms with van der Waals surface area (Å²) < 4.78 is 1.30. The highest BCUT2D eigenvalue weighted by Gasteiger charge is 2.15. The third-order valence-corrected chi connectivity index (χ3v) is 2.95. The molecule has 0 saturated carbocycles. The molecule has 0 radical (unpaired) electrons. The van der Waals surface area contributed by atoms with E-state index in [0.29, 0.717) is 20.3 Å². The van der Waals surface area contributed by atoms with Gasteiger partial charge < -0.3 is 5.73 Å². The molecule has 0 aliphatic heterocycles. The first-order valence-electron chi connectivity index (χ1n) is 4.66.